The van der Waals surface area contributed by atoms with Crippen LogP contribution in [0.1, 0.15) is 27.0 Å². The number of aliphatic carboxylic acids is 1. The smallest absolute Gasteiger partial charge is 0.352 e. The van der Waals surface area contributed by atoms with Gasteiger partial charge in [-0.05, 0) is 36.3 Å². The van der Waals surface area contributed by atoms with E-state index in [-0.39, 0.29) is 22.0 Å². The number of carbonyl (C=O) groups excluding carboxylic acids is 3. The average Bonchev–Trinajstić information content (AvgIpc) is 3.39. The number of nitrogens with zero attached hydrogens (tertiary/aromatic N) is 3. The molecule has 1 aromatic heterocycles. The third kappa shape index (κ3) is 6.05. The van der Waals surface area contributed by atoms with Gasteiger partial charge in [0.05, 0.1) is 5.56 Å². The van der Waals surface area contributed by atoms with Gasteiger partial charge in [0.2, 0.25) is 5.91 Å². The van der Waals surface area contributed by atoms with Crippen molar-refractivity contribution in [3.8, 4) is 5.75 Å². The molecule has 1 fully saturated rings. The summed E-state index contributed by atoms with van der Waals surface area (Å²) in [5.74, 6) is -2.84. The highest BCUT2D eigenvalue weighted by Crippen LogP contribution is 2.42. The van der Waals surface area contributed by atoms with Gasteiger partial charge < -0.3 is 20.8 Å². The number of phenolic OH excluding ortho intramolecular Hbond substituents is 1. The Morgan fingerprint density at radius 3 is 2.63 bits per heavy atom. The van der Waals surface area contributed by atoms with Crippen LogP contribution in [-0.4, -0.2) is 71.9 Å². The second-order valence-corrected chi connectivity index (χ2v) is 13.0. The number of thioether (sulfide) groups is 2. The van der Waals surface area contributed by atoms with Crippen LogP contribution >= 0.6 is 46.5 Å². The minimum absolute atomic E-state index is 0.0951. The zero-order chi connectivity index (χ0) is 29.3. The van der Waals surface area contributed by atoms with Crippen LogP contribution < -0.4 is 10.6 Å². The molecule has 0 radical (unpaired) electrons. The quantitative estimate of drug-likeness (QED) is 0.204. The summed E-state index contributed by atoms with van der Waals surface area (Å²) in [5, 5.41) is 33.8. The van der Waals surface area contributed by atoms with Crippen molar-refractivity contribution < 1.29 is 29.4 Å². The predicted molar refractivity (Wildman–Crippen MR) is 155 cm³/mol. The van der Waals surface area contributed by atoms with Crippen LogP contribution in [0.5, 0.6) is 5.75 Å². The lowest BCUT2D eigenvalue weighted by molar-refractivity contribution is -0.151. The van der Waals surface area contributed by atoms with Gasteiger partial charge in [-0.2, -0.15) is 0 Å². The van der Waals surface area contributed by atoms with Crippen LogP contribution in [0.15, 0.2) is 64.1 Å². The Morgan fingerprint density at radius 2 is 1.95 bits per heavy atom. The van der Waals surface area contributed by atoms with Crippen LogP contribution in [0, 0.1) is 6.92 Å². The van der Waals surface area contributed by atoms with Gasteiger partial charge in [0.15, 0.2) is 4.34 Å². The van der Waals surface area contributed by atoms with E-state index in [1.54, 1.807) is 30.3 Å². The molecule has 0 saturated carbocycles. The summed E-state index contributed by atoms with van der Waals surface area (Å²) in [6.07, 6.45) is 0. The number of halogens is 1. The molecule has 2 aliphatic rings. The lowest BCUT2D eigenvalue weighted by Gasteiger charge is -2.49. The van der Waals surface area contributed by atoms with Crippen molar-refractivity contribution in [2.24, 2.45) is 0 Å². The average molecular weight is 632 g/mol. The molecule has 0 spiro atoms. The number of rotatable bonds is 9. The Labute approximate surface area is 251 Å². The minimum Gasteiger partial charge on any atom is -0.507 e. The number of aromatic nitrogens is 2. The number of phenols is 1. The SMILES string of the molecule is Cc1nnc(SCC2=C(C(=O)O)N3C(=O)C(NC(=O)[C@@H](NC(=O)c4cc(Cl)ccc4O)c4ccccc4)[C@@H]3SC2)s1. The Bertz CT molecular complexity index is 1570. The summed E-state index contributed by atoms with van der Waals surface area (Å²) in [7, 11) is 0. The number of carboxylic acids is 1. The highest BCUT2D eigenvalue weighted by atomic mass is 35.5. The monoisotopic (exact) mass is 631 g/mol. The Balaban J connectivity index is 1.33. The molecule has 4 N–H and O–H groups in total. The zero-order valence-corrected chi connectivity index (χ0v) is 24.4. The first-order valence-corrected chi connectivity index (χ1v) is 15.3. The molecular weight excluding hydrogens is 610 g/mol. The number of benzene rings is 2. The number of hydrogen-bond donors (Lipinski definition) is 4. The van der Waals surface area contributed by atoms with Crippen molar-refractivity contribution in [2.75, 3.05) is 11.5 Å². The normalized spacial score (nSPS) is 18.8. The van der Waals surface area contributed by atoms with Crippen LogP contribution in [0.4, 0.5) is 0 Å². The van der Waals surface area contributed by atoms with Gasteiger partial charge in [-0.3, -0.25) is 19.3 Å². The van der Waals surface area contributed by atoms with Gasteiger partial charge in [-0.15, -0.1) is 22.0 Å². The van der Waals surface area contributed by atoms with Gasteiger partial charge in [0, 0.05) is 16.5 Å². The molecule has 212 valence electrons. The summed E-state index contributed by atoms with van der Waals surface area (Å²) in [6.45, 7) is 1.83. The van der Waals surface area contributed by atoms with Crippen LogP contribution in [0.3, 0.4) is 0 Å². The van der Waals surface area contributed by atoms with Crippen LogP contribution in [0.2, 0.25) is 5.02 Å². The number of aryl methyl sites for hydroxylation is 1. The molecule has 3 atom stereocenters. The maximum absolute atomic E-state index is 13.5. The summed E-state index contributed by atoms with van der Waals surface area (Å²) < 4.78 is 0.701. The van der Waals surface area contributed by atoms with Crippen molar-refractivity contribution in [1.82, 2.24) is 25.7 Å². The van der Waals surface area contributed by atoms with E-state index < -0.39 is 41.1 Å². The van der Waals surface area contributed by atoms with E-state index in [9.17, 15) is 29.4 Å². The predicted octanol–water partition coefficient (Wildman–Crippen LogP) is 3.21. The summed E-state index contributed by atoms with van der Waals surface area (Å²) >= 11 is 10.1. The van der Waals surface area contributed by atoms with E-state index >= 15 is 0 Å². The zero-order valence-electron chi connectivity index (χ0n) is 21.2. The summed E-state index contributed by atoms with van der Waals surface area (Å²) in [4.78, 5) is 53.1. The number of hydrogen-bond acceptors (Lipinski definition) is 10. The molecule has 3 amide bonds. The fourth-order valence-corrected chi connectivity index (χ4v) is 7.83. The molecule has 0 aliphatic carbocycles. The third-order valence-electron chi connectivity index (χ3n) is 6.30. The number of amides is 3. The molecule has 2 aromatic carbocycles. The second kappa shape index (κ2) is 12.1. The van der Waals surface area contributed by atoms with Crippen molar-refractivity contribution >= 4 is 70.2 Å². The highest BCUT2D eigenvalue weighted by Gasteiger charge is 2.54. The minimum atomic E-state index is -1.23. The van der Waals surface area contributed by atoms with Crippen LogP contribution in [-0.2, 0) is 14.4 Å². The maximum Gasteiger partial charge on any atom is 0.352 e. The number of aromatic hydroxyl groups is 1. The number of carboxylic acid groups (broad SMARTS) is 1. The number of fused-ring (bicyclic) bond motifs is 1. The molecular formula is C26H22ClN5O6S3. The first-order chi connectivity index (χ1) is 19.6. The molecule has 1 saturated heterocycles. The van der Waals surface area contributed by atoms with E-state index in [1.165, 1.54) is 58.0 Å². The second-order valence-electron chi connectivity index (χ2n) is 9.01. The van der Waals surface area contributed by atoms with Crippen molar-refractivity contribution in [2.45, 2.75) is 28.7 Å². The fraction of sp³-hybridized carbons (Fsp3) is 0.231. The van der Waals surface area contributed by atoms with E-state index in [4.69, 9.17) is 11.6 Å². The van der Waals surface area contributed by atoms with Gasteiger partial charge in [-0.25, -0.2) is 4.79 Å². The van der Waals surface area contributed by atoms with Gasteiger partial charge in [0.1, 0.15) is 33.9 Å². The first kappa shape index (κ1) is 28.9. The molecule has 2 aliphatic heterocycles. The van der Waals surface area contributed by atoms with Gasteiger partial charge >= 0.3 is 5.97 Å². The topological polar surface area (TPSA) is 162 Å². The molecule has 3 aromatic rings. The van der Waals surface area contributed by atoms with Crippen molar-refractivity contribution in [3.63, 3.8) is 0 Å². The summed E-state index contributed by atoms with van der Waals surface area (Å²) in [5.41, 5.74) is 0.801. The molecule has 11 nitrogen and oxygen atoms in total. The largest absolute Gasteiger partial charge is 0.507 e. The van der Waals surface area contributed by atoms with Crippen molar-refractivity contribution in [3.05, 3.63) is 81.0 Å². The van der Waals surface area contributed by atoms with Gasteiger partial charge in [0.25, 0.3) is 11.8 Å². The maximum atomic E-state index is 13.5. The van der Waals surface area contributed by atoms with E-state index in [0.29, 0.717) is 27.0 Å². The van der Waals surface area contributed by atoms with E-state index in [0.717, 1.165) is 5.01 Å². The fourth-order valence-electron chi connectivity index (χ4n) is 4.36. The third-order valence-corrected chi connectivity index (χ3v) is 9.93. The molecule has 0 bridgehead atoms. The number of nitrogens with one attached hydrogen (secondary N) is 2. The first-order valence-electron chi connectivity index (χ1n) is 12.1. The van der Waals surface area contributed by atoms with Crippen molar-refractivity contribution in [1.29, 1.82) is 0 Å². The van der Waals surface area contributed by atoms with Crippen LogP contribution in [0.25, 0.3) is 0 Å². The lowest BCUT2D eigenvalue weighted by Crippen LogP contribution is -2.71. The van der Waals surface area contributed by atoms with E-state index in [1.807, 2.05) is 6.92 Å². The Hall–Kier alpha value is -3.59. The lowest BCUT2D eigenvalue weighted by atomic mass is 10.0. The van der Waals surface area contributed by atoms with E-state index in [2.05, 4.69) is 20.8 Å². The Kier molecular flexibility index (Phi) is 8.54. The molecule has 41 heavy (non-hydrogen) atoms. The standard InChI is InChI=1S/C26H22ClN5O6S3/c1-12-30-31-26(41-12)40-11-14-10-39-24-19(23(36)32(24)20(14)25(37)38)29-22(35)18(13-5-3-2-4-6-13)28-21(34)16-9-15(27)7-8-17(16)33/h2-9,18-19,24,33H,10-11H2,1H3,(H,28,34)(H,29,35)(H,37,38)/t18-,19?,24-/m0/s1. The molecule has 5 rings (SSSR count). The number of carbonyl (C=O) groups is 4. The molecule has 15 heteroatoms. The number of β-lactam (4-membered cyclic amide) rings is 1. The highest BCUT2D eigenvalue weighted by molar-refractivity contribution is 8.01. The van der Waals surface area contributed by atoms with Gasteiger partial charge in [-0.1, -0.05) is 65.0 Å². The summed E-state index contributed by atoms with van der Waals surface area (Å²) in [6, 6.07) is 10.2. The molecule has 1 unspecified atom stereocenters. The Morgan fingerprint density at radius 1 is 1.20 bits per heavy atom. The molecule has 3 heterocycles.